The number of nitrogens with one attached hydrogen (secondary N) is 1. The summed E-state index contributed by atoms with van der Waals surface area (Å²) in [5.74, 6) is -2.38. The zero-order valence-corrected chi connectivity index (χ0v) is 15.9. The number of hydrogen-bond acceptors (Lipinski definition) is 5. The Morgan fingerprint density at radius 2 is 2.03 bits per heavy atom. The minimum atomic E-state index is -0.845. The van der Waals surface area contributed by atoms with Crippen LogP contribution in [0.2, 0.25) is 0 Å². The maximum atomic E-state index is 13.8. The number of nitrogens with zero attached hydrogens (tertiary/aromatic N) is 4. The van der Waals surface area contributed by atoms with Gasteiger partial charge in [-0.2, -0.15) is 5.10 Å². The largest absolute Gasteiger partial charge is 0.432 e. The zero-order chi connectivity index (χ0) is 20.5. The monoisotopic (exact) mass is 399 g/mol. The molecule has 0 unspecified atom stereocenters. The molecule has 0 radical (unpaired) electrons. The van der Waals surface area contributed by atoms with Crippen LogP contribution in [0.1, 0.15) is 29.5 Å². The number of amides is 1. The number of rotatable bonds is 4. The summed E-state index contributed by atoms with van der Waals surface area (Å²) in [5, 5.41) is 6.50. The maximum Gasteiger partial charge on any atom is 0.297 e. The molecular weight excluding hydrogens is 380 g/mol. The fraction of sp³-hybridized carbons (Fsp3) is 0.250. The van der Waals surface area contributed by atoms with Crippen molar-refractivity contribution in [1.82, 2.24) is 14.8 Å². The van der Waals surface area contributed by atoms with Crippen molar-refractivity contribution in [2.24, 2.45) is 7.05 Å². The van der Waals surface area contributed by atoms with E-state index in [9.17, 15) is 13.6 Å². The second-order valence-corrected chi connectivity index (χ2v) is 6.83. The van der Waals surface area contributed by atoms with Gasteiger partial charge in [-0.3, -0.25) is 9.48 Å². The highest BCUT2D eigenvalue weighted by atomic mass is 19.1. The number of anilines is 2. The summed E-state index contributed by atoms with van der Waals surface area (Å²) in [5.41, 5.74) is 2.49. The van der Waals surface area contributed by atoms with E-state index in [0.29, 0.717) is 12.6 Å². The Hall–Kier alpha value is -3.49. The number of carbonyl (C=O) groups excluding carboxylic acids is 1. The first-order chi connectivity index (χ1) is 13.9. The van der Waals surface area contributed by atoms with Crippen LogP contribution < -0.4 is 10.2 Å². The minimum absolute atomic E-state index is 0.0682. The van der Waals surface area contributed by atoms with E-state index < -0.39 is 23.2 Å². The van der Waals surface area contributed by atoms with Gasteiger partial charge in [-0.25, -0.2) is 13.8 Å². The molecule has 0 fully saturated rings. The van der Waals surface area contributed by atoms with Gasteiger partial charge in [-0.1, -0.05) is 11.6 Å². The zero-order valence-electron chi connectivity index (χ0n) is 15.9. The smallest absolute Gasteiger partial charge is 0.297 e. The number of aryl methyl sites for hydroxylation is 1. The molecule has 150 valence electrons. The van der Waals surface area contributed by atoms with Gasteiger partial charge in [0.1, 0.15) is 23.6 Å². The van der Waals surface area contributed by atoms with Crippen LogP contribution in [-0.2, 0) is 7.05 Å². The lowest BCUT2D eigenvalue weighted by atomic mass is 9.98. The topological polar surface area (TPSA) is 76.2 Å². The van der Waals surface area contributed by atoms with Crippen LogP contribution in [0.25, 0.3) is 5.57 Å². The second-order valence-electron chi connectivity index (χ2n) is 6.83. The van der Waals surface area contributed by atoms with E-state index in [1.165, 1.54) is 17.9 Å². The highest BCUT2D eigenvalue weighted by Crippen LogP contribution is 2.29. The van der Waals surface area contributed by atoms with Gasteiger partial charge in [0.25, 0.3) is 11.9 Å². The predicted molar refractivity (Wildman–Crippen MR) is 103 cm³/mol. The molecule has 0 atom stereocenters. The summed E-state index contributed by atoms with van der Waals surface area (Å²) in [6.45, 7) is 3.35. The quantitative estimate of drug-likeness (QED) is 0.725. The molecule has 1 amide bonds. The molecule has 1 N–H and O–H groups in total. The number of aromatic nitrogens is 3. The van der Waals surface area contributed by atoms with Crippen molar-refractivity contribution >= 4 is 23.2 Å². The summed E-state index contributed by atoms with van der Waals surface area (Å²) >= 11 is 0. The summed E-state index contributed by atoms with van der Waals surface area (Å²) < 4.78 is 34.6. The molecule has 0 spiro atoms. The minimum Gasteiger partial charge on any atom is -0.432 e. The summed E-state index contributed by atoms with van der Waals surface area (Å²) in [6.07, 6.45) is 3.92. The molecule has 29 heavy (non-hydrogen) atoms. The maximum absolute atomic E-state index is 13.8. The molecule has 0 saturated heterocycles. The molecule has 9 heteroatoms. The van der Waals surface area contributed by atoms with Crippen molar-refractivity contribution in [3.05, 3.63) is 65.3 Å². The lowest BCUT2D eigenvalue weighted by Gasteiger charge is -2.28. The van der Waals surface area contributed by atoms with Crippen LogP contribution in [0.3, 0.4) is 0 Å². The van der Waals surface area contributed by atoms with Crippen LogP contribution in [0.5, 0.6) is 0 Å². The Labute approximate surface area is 165 Å². The van der Waals surface area contributed by atoms with E-state index in [4.69, 9.17) is 4.42 Å². The van der Waals surface area contributed by atoms with Gasteiger partial charge < -0.3 is 14.6 Å². The van der Waals surface area contributed by atoms with Crippen LogP contribution in [0, 0.1) is 11.6 Å². The van der Waals surface area contributed by atoms with Crippen molar-refractivity contribution in [2.75, 3.05) is 23.3 Å². The number of benzene rings is 1. The third-order valence-corrected chi connectivity index (χ3v) is 4.93. The average Bonchev–Trinajstić information content (AvgIpc) is 3.35. The second kappa shape index (κ2) is 7.50. The molecule has 2 aromatic heterocycles. The Morgan fingerprint density at radius 1 is 1.28 bits per heavy atom. The lowest BCUT2D eigenvalue weighted by Crippen LogP contribution is -2.31. The van der Waals surface area contributed by atoms with Crippen molar-refractivity contribution in [1.29, 1.82) is 0 Å². The third-order valence-electron chi connectivity index (χ3n) is 4.93. The molecule has 1 aromatic carbocycles. The van der Waals surface area contributed by atoms with Crippen LogP contribution >= 0.6 is 0 Å². The normalized spacial score (nSPS) is 14.4. The molecule has 0 bridgehead atoms. The first-order valence-corrected chi connectivity index (χ1v) is 9.07. The number of hydrogen-bond donors (Lipinski definition) is 1. The van der Waals surface area contributed by atoms with Gasteiger partial charge in [0.05, 0.1) is 11.9 Å². The van der Waals surface area contributed by atoms with E-state index in [2.05, 4.69) is 15.4 Å². The van der Waals surface area contributed by atoms with E-state index in [1.807, 2.05) is 11.8 Å². The predicted octanol–water partition coefficient (Wildman–Crippen LogP) is 3.62. The fourth-order valence-electron chi connectivity index (χ4n) is 3.35. The summed E-state index contributed by atoms with van der Waals surface area (Å²) in [6, 6.07) is 5.54. The van der Waals surface area contributed by atoms with Gasteiger partial charge in [0.2, 0.25) is 0 Å². The van der Waals surface area contributed by atoms with Crippen molar-refractivity contribution < 1.29 is 18.0 Å². The highest BCUT2D eigenvalue weighted by Gasteiger charge is 2.24. The van der Waals surface area contributed by atoms with Gasteiger partial charge in [-0.15, -0.1) is 0 Å². The van der Waals surface area contributed by atoms with E-state index >= 15 is 0 Å². The molecule has 4 rings (SSSR count). The van der Waals surface area contributed by atoms with E-state index in [0.717, 1.165) is 36.4 Å². The molecule has 1 aliphatic heterocycles. The Bertz CT molecular complexity index is 1070. The first kappa shape index (κ1) is 18.9. The summed E-state index contributed by atoms with van der Waals surface area (Å²) in [4.78, 5) is 18.7. The van der Waals surface area contributed by atoms with E-state index in [-0.39, 0.29) is 5.69 Å². The molecular formula is C20H19F2N5O2. The standard InChI is InChI=1S/C20H19F2N5O2/c1-12-6-8-27(20-23-7-9-29-20)11-13(12)17-10-16(25-26(17)2)19(28)24-18-14(21)4-3-5-15(18)22/h3-5,7,9-10H,6,8,11H2,1-2H3,(H,24,28). The fourth-order valence-corrected chi connectivity index (χ4v) is 3.35. The lowest BCUT2D eigenvalue weighted by molar-refractivity contribution is 0.102. The van der Waals surface area contributed by atoms with Gasteiger partial charge in [-0.05, 0) is 37.1 Å². The number of halogens is 2. The third kappa shape index (κ3) is 3.63. The van der Waals surface area contributed by atoms with Gasteiger partial charge >= 0.3 is 0 Å². The molecule has 0 aliphatic carbocycles. The SMILES string of the molecule is CC1=C(c2cc(C(=O)Nc3c(F)cccc3F)nn2C)CN(c2ncco2)CC1. The molecule has 1 aliphatic rings. The molecule has 0 saturated carbocycles. The Balaban J connectivity index is 1.60. The molecule has 3 aromatic rings. The van der Waals surface area contributed by atoms with Gasteiger partial charge in [0, 0.05) is 20.1 Å². The molecule has 7 nitrogen and oxygen atoms in total. The van der Waals surface area contributed by atoms with Crippen molar-refractivity contribution in [3.8, 4) is 0 Å². The Morgan fingerprint density at radius 3 is 2.72 bits per heavy atom. The first-order valence-electron chi connectivity index (χ1n) is 9.07. The van der Waals surface area contributed by atoms with Crippen LogP contribution in [-0.4, -0.2) is 33.8 Å². The average molecular weight is 399 g/mol. The number of carbonyl (C=O) groups is 1. The Kier molecular flexibility index (Phi) is 4.87. The molecule has 3 heterocycles. The van der Waals surface area contributed by atoms with Gasteiger partial charge in [0.15, 0.2) is 5.69 Å². The number of oxazole rings is 1. The van der Waals surface area contributed by atoms with Crippen LogP contribution in [0.15, 0.2) is 46.7 Å². The summed E-state index contributed by atoms with van der Waals surface area (Å²) in [7, 11) is 1.72. The van der Waals surface area contributed by atoms with Crippen molar-refractivity contribution in [2.45, 2.75) is 13.3 Å². The van der Waals surface area contributed by atoms with Crippen LogP contribution in [0.4, 0.5) is 20.5 Å². The number of para-hydroxylation sites is 1. The highest BCUT2D eigenvalue weighted by molar-refractivity contribution is 6.03. The van der Waals surface area contributed by atoms with E-state index in [1.54, 1.807) is 24.0 Å². The van der Waals surface area contributed by atoms with Crippen molar-refractivity contribution in [3.63, 3.8) is 0 Å².